The van der Waals surface area contributed by atoms with Crippen molar-refractivity contribution >= 4 is 29.3 Å². The van der Waals surface area contributed by atoms with Crippen LogP contribution in [0.3, 0.4) is 0 Å². The van der Waals surface area contributed by atoms with Gasteiger partial charge in [0.15, 0.2) is 5.82 Å². The van der Waals surface area contributed by atoms with Gasteiger partial charge in [0.1, 0.15) is 29.4 Å². The van der Waals surface area contributed by atoms with Gasteiger partial charge in [0.25, 0.3) is 11.8 Å². The van der Waals surface area contributed by atoms with Gasteiger partial charge in [-0.3, -0.25) is 29.4 Å². The fraction of sp³-hybridized carbons (Fsp3) is 0.250. The Labute approximate surface area is 299 Å². The molecule has 1 saturated carbocycles. The summed E-state index contributed by atoms with van der Waals surface area (Å²) in [5.74, 6) is 0.824. The summed E-state index contributed by atoms with van der Waals surface area (Å²) < 4.78 is 14.0. The molecule has 4 heterocycles. The van der Waals surface area contributed by atoms with Gasteiger partial charge in [-0.2, -0.15) is 5.10 Å². The lowest BCUT2D eigenvalue weighted by molar-refractivity contribution is -0.136. The Morgan fingerprint density at radius 3 is 2.17 bits per heavy atom. The third kappa shape index (κ3) is 6.27. The molecule has 4 amide bonds. The first kappa shape index (κ1) is 32.9. The summed E-state index contributed by atoms with van der Waals surface area (Å²) in [5, 5.41) is 9.86. The lowest BCUT2D eigenvalue weighted by atomic mass is 9.78. The third-order valence-corrected chi connectivity index (χ3v) is 10.1. The Morgan fingerprint density at radius 1 is 0.827 bits per heavy atom. The fourth-order valence-electron chi connectivity index (χ4n) is 6.93. The maximum atomic E-state index is 13.2. The molecule has 5 aromatic rings. The van der Waals surface area contributed by atoms with Crippen LogP contribution in [0.2, 0.25) is 0 Å². The standard InChI is InChI=1S/C40H36N6O6/c1-40(2,24-4-9-28(10-5-24)51-30-13-16-35(41-23-30)45-19-3-18-42-45)25-6-11-29(12-7-25)52-31-20-27(21-31)43-26-8-14-32-33(22-26)39(50)46(38(32)49)34-15-17-36(47)44-37(34)48/h3-14,16,18-19,22-23,27,31,34,43H,15,17,20-21H2,1-2H3,(H,44,47,48). The highest BCUT2D eigenvalue weighted by atomic mass is 16.5. The van der Waals surface area contributed by atoms with Crippen LogP contribution in [0.15, 0.2) is 104 Å². The van der Waals surface area contributed by atoms with E-state index in [9.17, 15) is 19.2 Å². The first-order valence-corrected chi connectivity index (χ1v) is 17.3. The molecule has 52 heavy (non-hydrogen) atoms. The molecule has 2 aromatic heterocycles. The number of pyridine rings is 1. The van der Waals surface area contributed by atoms with E-state index in [1.165, 1.54) is 0 Å². The number of benzene rings is 3. The second kappa shape index (κ2) is 13.1. The van der Waals surface area contributed by atoms with Gasteiger partial charge >= 0.3 is 0 Å². The fourth-order valence-corrected chi connectivity index (χ4v) is 6.93. The van der Waals surface area contributed by atoms with E-state index in [-0.39, 0.29) is 41.5 Å². The second-order valence-corrected chi connectivity index (χ2v) is 13.8. The van der Waals surface area contributed by atoms with Crippen LogP contribution in [0.1, 0.15) is 71.4 Å². The highest BCUT2D eigenvalue weighted by Gasteiger charge is 2.45. The number of amides is 4. The van der Waals surface area contributed by atoms with Crippen LogP contribution in [0.25, 0.3) is 5.82 Å². The van der Waals surface area contributed by atoms with Crippen molar-refractivity contribution in [1.29, 1.82) is 0 Å². The van der Waals surface area contributed by atoms with Crippen molar-refractivity contribution in [3.63, 3.8) is 0 Å². The van der Waals surface area contributed by atoms with Gasteiger partial charge in [-0.1, -0.05) is 38.1 Å². The van der Waals surface area contributed by atoms with Gasteiger partial charge in [0, 0.05) is 48.8 Å². The van der Waals surface area contributed by atoms with Gasteiger partial charge in [0.2, 0.25) is 11.8 Å². The average molecular weight is 697 g/mol. The molecule has 262 valence electrons. The predicted molar refractivity (Wildman–Crippen MR) is 191 cm³/mol. The molecule has 12 heteroatoms. The van der Waals surface area contributed by atoms with E-state index < -0.39 is 29.7 Å². The lowest BCUT2D eigenvalue weighted by Gasteiger charge is -2.36. The van der Waals surface area contributed by atoms with Crippen molar-refractivity contribution in [2.45, 2.75) is 63.1 Å². The monoisotopic (exact) mass is 696 g/mol. The van der Waals surface area contributed by atoms with Crippen molar-refractivity contribution in [1.82, 2.24) is 25.0 Å². The van der Waals surface area contributed by atoms with Gasteiger partial charge in [0.05, 0.1) is 17.3 Å². The minimum absolute atomic E-state index is 0.0431. The number of hydrogen-bond acceptors (Lipinski definition) is 9. The maximum Gasteiger partial charge on any atom is 0.262 e. The SMILES string of the molecule is CC(C)(c1ccc(Oc2ccc(-n3cccn3)nc2)cc1)c1ccc(OC2CC(Nc3ccc4c(c3)C(=O)N(C3CCC(=O)NC3=O)C4=O)C2)cc1. The number of ether oxygens (including phenoxy) is 2. The summed E-state index contributed by atoms with van der Waals surface area (Å²) in [6.45, 7) is 4.38. The molecular formula is C40H36N6O6. The quantitative estimate of drug-likeness (QED) is 0.173. The number of hydrogen-bond donors (Lipinski definition) is 2. The number of imide groups is 2. The van der Waals surface area contributed by atoms with Gasteiger partial charge in [-0.25, -0.2) is 9.67 Å². The predicted octanol–water partition coefficient (Wildman–Crippen LogP) is 5.81. The number of nitrogens with one attached hydrogen (secondary N) is 2. The average Bonchev–Trinajstić information content (AvgIpc) is 3.75. The highest BCUT2D eigenvalue weighted by Crippen LogP contribution is 2.36. The van der Waals surface area contributed by atoms with Crippen molar-refractivity contribution in [3.8, 4) is 23.1 Å². The normalized spacial score (nSPS) is 19.9. The van der Waals surface area contributed by atoms with E-state index in [0.29, 0.717) is 5.75 Å². The summed E-state index contributed by atoms with van der Waals surface area (Å²) in [6.07, 6.45) is 7.03. The molecule has 0 spiro atoms. The van der Waals surface area contributed by atoms with E-state index in [2.05, 4.69) is 58.8 Å². The van der Waals surface area contributed by atoms with E-state index >= 15 is 0 Å². The lowest BCUT2D eigenvalue weighted by Crippen LogP contribution is -2.54. The number of anilines is 1. The highest BCUT2D eigenvalue weighted by molar-refractivity contribution is 6.23. The number of nitrogens with zero attached hydrogens (tertiary/aromatic N) is 4. The number of fused-ring (bicyclic) bond motifs is 1. The van der Waals surface area contributed by atoms with E-state index in [1.54, 1.807) is 35.3 Å². The Hall–Kier alpha value is -6.30. The van der Waals surface area contributed by atoms with Crippen LogP contribution in [0.5, 0.6) is 17.2 Å². The van der Waals surface area contributed by atoms with Crippen molar-refractivity contribution in [2.24, 2.45) is 0 Å². The minimum atomic E-state index is -0.986. The molecule has 8 rings (SSSR count). The molecule has 2 fully saturated rings. The van der Waals surface area contributed by atoms with Crippen LogP contribution in [-0.4, -0.2) is 61.5 Å². The second-order valence-electron chi connectivity index (χ2n) is 13.8. The van der Waals surface area contributed by atoms with E-state index in [0.717, 1.165) is 51.9 Å². The zero-order chi connectivity index (χ0) is 36.0. The largest absolute Gasteiger partial charge is 0.490 e. The van der Waals surface area contributed by atoms with E-state index in [4.69, 9.17) is 9.47 Å². The molecule has 2 aliphatic heterocycles. The molecule has 1 atom stereocenters. The summed E-state index contributed by atoms with van der Waals surface area (Å²) in [4.78, 5) is 55.5. The molecule has 3 aromatic carbocycles. The molecule has 3 aliphatic rings. The zero-order valence-corrected chi connectivity index (χ0v) is 28.6. The molecule has 0 bridgehead atoms. The minimum Gasteiger partial charge on any atom is -0.490 e. The molecule has 1 saturated heterocycles. The summed E-state index contributed by atoms with van der Waals surface area (Å²) in [5.41, 5.74) is 3.28. The summed E-state index contributed by atoms with van der Waals surface area (Å²) in [7, 11) is 0. The van der Waals surface area contributed by atoms with Crippen molar-refractivity contribution in [3.05, 3.63) is 126 Å². The van der Waals surface area contributed by atoms with Crippen molar-refractivity contribution in [2.75, 3.05) is 5.32 Å². The van der Waals surface area contributed by atoms with Gasteiger partial charge in [-0.05, 0) is 78.2 Å². The maximum absolute atomic E-state index is 13.2. The number of aromatic nitrogens is 3. The molecule has 1 unspecified atom stereocenters. The number of carbonyl (C=O) groups excluding carboxylic acids is 4. The number of piperidine rings is 1. The number of rotatable bonds is 10. The smallest absolute Gasteiger partial charge is 0.262 e. The first-order chi connectivity index (χ1) is 25.1. The molecular weight excluding hydrogens is 660 g/mol. The van der Waals surface area contributed by atoms with Crippen LogP contribution in [-0.2, 0) is 15.0 Å². The van der Waals surface area contributed by atoms with Crippen LogP contribution in [0, 0.1) is 0 Å². The third-order valence-electron chi connectivity index (χ3n) is 10.1. The molecule has 0 radical (unpaired) electrons. The Kier molecular flexibility index (Phi) is 8.29. The molecule has 2 N–H and O–H groups in total. The van der Waals surface area contributed by atoms with E-state index in [1.807, 2.05) is 48.7 Å². The molecule has 1 aliphatic carbocycles. The van der Waals surface area contributed by atoms with Crippen molar-refractivity contribution < 1.29 is 28.7 Å². The van der Waals surface area contributed by atoms with Gasteiger partial charge in [-0.15, -0.1) is 0 Å². The summed E-state index contributed by atoms with van der Waals surface area (Å²) in [6, 6.07) is 26.1. The van der Waals surface area contributed by atoms with Gasteiger partial charge < -0.3 is 14.8 Å². The molecule has 12 nitrogen and oxygen atoms in total. The summed E-state index contributed by atoms with van der Waals surface area (Å²) >= 11 is 0. The Bertz CT molecular complexity index is 2160. The zero-order valence-electron chi connectivity index (χ0n) is 28.6. The topological polar surface area (TPSA) is 145 Å². The first-order valence-electron chi connectivity index (χ1n) is 17.3. The van der Waals surface area contributed by atoms with Crippen LogP contribution < -0.4 is 20.1 Å². The van der Waals surface area contributed by atoms with Crippen LogP contribution >= 0.6 is 0 Å². The van der Waals surface area contributed by atoms with Crippen LogP contribution in [0.4, 0.5) is 5.69 Å². The number of carbonyl (C=O) groups is 4. The Morgan fingerprint density at radius 2 is 1.52 bits per heavy atom. The Balaban J connectivity index is 0.831.